The summed E-state index contributed by atoms with van der Waals surface area (Å²) in [4.78, 5) is 37.8. The summed E-state index contributed by atoms with van der Waals surface area (Å²) in [5.41, 5.74) is 3.03. The van der Waals surface area contributed by atoms with Gasteiger partial charge in [0.05, 0.1) is 12.8 Å². The molecule has 1 aliphatic heterocycles. The van der Waals surface area contributed by atoms with Crippen molar-refractivity contribution < 1.29 is 18.4 Å². The fourth-order valence-electron chi connectivity index (χ4n) is 3.57. The van der Waals surface area contributed by atoms with Gasteiger partial charge in [-0.3, -0.25) is 9.59 Å². The molecule has 7 nitrogen and oxygen atoms in total. The van der Waals surface area contributed by atoms with Gasteiger partial charge in [-0.1, -0.05) is 0 Å². The number of amides is 2. The monoisotopic (exact) mass is 368 g/mol. The average Bonchev–Trinajstić information content (AvgIpc) is 3.00. The molecule has 1 aromatic carbocycles. The van der Waals surface area contributed by atoms with Crippen LogP contribution in [-0.4, -0.2) is 36.3 Å². The van der Waals surface area contributed by atoms with Gasteiger partial charge in [-0.25, -0.2) is 4.79 Å². The van der Waals surface area contributed by atoms with Crippen LogP contribution in [0.4, 0.5) is 0 Å². The van der Waals surface area contributed by atoms with E-state index in [9.17, 15) is 14.4 Å². The molecule has 1 fully saturated rings. The van der Waals surface area contributed by atoms with Crippen LogP contribution in [0.3, 0.4) is 0 Å². The van der Waals surface area contributed by atoms with Crippen molar-refractivity contribution in [2.24, 2.45) is 0 Å². The van der Waals surface area contributed by atoms with Gasteiger partial charge in [0.15, 0.2) is 0 Å². The lowest BCUT2D eigenvalue weighted by molar-refractivity contribution is -0.138. The lowest BCUT2D eigenvalue weighted by atomic mass is 10.0. The first kappa shape index (κ1) is 17.3. The van der Waals surface area contributed by atoms with E-state index in [2.05, 4.69) is 5.32 Å². The quantitative estimate of drug-likeness (QED) is 0.714. The van der Waals surface area contributed by atoms with E-state index in [4.69, 9.17) is 8.83 Å². The van der Waals surface area contributed by atoms with Crippen molar-refractivity contribution in [2.45, 2.75) is 26.7 Å². The Morgan fingerprint density at radius 2 is 2.00 bits per heavy atom. The molecule has 0 aliphatic carbocycles. The Balaban J connectivity index is 1.64. The highest BCUT2D eigenvalue weighted by Crippen LogP contribution is 2.29. The summed E-state index contributed by atoms with van der Waals surface area (Å²) in [6.45, 7) is 4.85. The molecule has 27 heavy (non-hydrogen) atoms. The summed E-state index contributed by atoms with van der Waals surface area (Å²) >= 11 is 0. The summed E-state index contributed by atoms with van der Waals surface area (Å²) in [5, 5.41) is 4.50. The Kier molecular flexibility index (Phi) is 4.22. The SMILES string of the molecule is Cc1coc2cc3oc(=O)c(CCC(=O)N4CCNC(=O)C4)c(C)c3cc12. The minimum atomic E-state index is -0.438. The standard InChI is InChI=1S/C20H20N2O5/c1-11-10-26-16-8-17-15(7-14(11)16)12(2)13(20(25)27-17)3-4-19(24)22-6-5-21-18(23)9-22/h7-8,10H,3-6,9H2,1-2H3,(H,21,23). The van der Waals surface area contributed by atoms with E-state index in [0.29, 0.717) is 29.8 Å². The van der Waals surface area contributed by atoms with Gasteiger partial charge in [0.25, 0.3) is 0 Å². The maximum atomic E-state index is 12.4. The summed E-state index contributed by atoms with van der Waals surface area (Å²) in [6.07, 6.45) is 2.12. The second-order valence-electron chi connectivity index (χ2n) is 6.92. The van der Waals surface area contributed by atoms with Gasteiger partial charge in [-0.15, -0.1) is 0 Å². The number of furan rings is 1. The number of hydrogen-bond acceptors (Lipinski definition) is 5. The van der Waals surface area contributed by atoms with Crippen molar-refractivity contribution in [3.05, 3.63) is 45.5 Å². The fourth-order valence-corrected chi connectivity index (χ4v) is 3.57. The zero-order valence-corrected chi connectivity index (χ0v) is 15.3. The molecule has 3 aromatic rings. The van der Waals surface area contributed by atoms with Crippen LogP contribution in [0.5, 0.6) is 0 Å². The Bertz CT molecular complexity index is 1120. The molecule has 1 aliphatic rings. The number of carbonyl (C=O) groups excluding carboxylic acids is 2. The van der Waals surface area contributed by atoms with Crippen LogP contribution in [0.1, 0.15) is 23.1 Å². The summed E-state index contributed by atoms with van der Waals surface area (Å²) in [7, 11) is 0. The van der Waals surface area contributed by atoms with Crippen molar-refractivity contribution >= 4 is 33.8 Å². The van der Waals surface area contributed by atoms with Crippen LogP contribution in [0.15, 0.2) is 32.0 Å². The predicted octanol–water partition coefficient (Wildman–Crippen LogP) is 2.05. The Morgan fingerprint density at radius 1 is 1.19 bits per heavy atom. The van der Waals surface area contributed by atoms with Crippen molar-refractivity contribution in [2.75, 3.05) is 19.6 Å². The first-order valence-corrected chi connectivity index (χ1v) is 8.92. The highest BCUT2D eigenvalue weighted by Gasteiger charge is 2.22. The zero-order chi connectivity index (χ0) is 19.1. The molecule has 0 saturated carbocycles. The number of hydrogen-bond donors (Lipinski definition) is 1. The summed E-state index contributed by atoms with van der Waals surface area (Å²) < 4.78 is 11.0. The number of piperazine rings is 1. The largest absolute Gasteiger partial charge is 0.464 e. The van der Waals surface area contributed by atoms with Crippen LogP contribution < -0.4 is 10.9 Å². The van der Waals surface area contributed by atoms with E-state index >= 15 is 0 Å². The molecule has 0 unspecified atom stereocenters. The maximum Gasteiger partial charge on any atom is 0.339 e. The van der Waals surface area contributed by atoms with E-state index in [1.54, 1.807) is 12.3 Å². The Labute approximate surface area is 154 Å². The molecule has 2 aromatic heterocycles. The van der Waals surface area contributed by atoms with Gasteiger partial charge in [0, 0.05) is 41.9 Å². The molecular weight excluding hydrogens is 348 g/mol. The van der Waals surface area contributed by atoms with Crippen LogP contribution in [0.2, 0.25) is 0 Å². The molecular formula is C20H20N2O5. The number of benzene rings is 1. The molecule has 2 amide bonds. The first-order chi connectivity index (χ1) is 12.9. The van der Waals surface area contributed by atoms with Crippen molar-refractivity contribution in [1.82, 2.24) is 10.2 Å². The van der Waals surface area contributed by atoms with E-state index in [-0.39, 0.29) is 31.2 Å². The van der Waals surface area contributed by atoms with Crippen molar-refractivity contribution in [3.63, 3.8) is 0 Å². The van der Waals surface area contributed by atoms with Crippen molar-refractivity contribution in [3.8, 4) is 0 Å². The van der Waals surface area contributed by atoms with Gasteiger partial charge in [0.1, 0.15) is 11.2 Å². The number of rotatable bonds is 3. The predicted molar refractivity (Wildman–Crippen MR) is 99.6 cm³/mol. The third-order valence-electron chi connectivity index (χ3n) is 5.15. The fraction of sp³-hybridized carbons (Fsp3) is 0.350. The number of fused-ring (bicyclic) bond motifs is 2. The van der Waals surface area contributed by atoms with Gasteiger partial charge >= 0.3 is 5.63 Å². The number of carbonyl (C=O) groups is 2. The summed E-state index contributed by atoms with van der Waals surface area (Å²) in [6, 6.07) is 3.69. The molecule has 3 heterocycles. The van der Waals surface area contributed by atoms with E-state index in [1.807, 2.05) is 19.9 Å². The number of nitrogens with one attached hydrogen (secondary N) is 1. The van der Waals surface area contributed by atoms with Gasteiger partial charge in [-0.05, 0) is 37.5 Å². The second-order valence-corrected chi connectivity index (χ2v) is 6.92. The van der Waals surface area contributed by atoms with E-state index in [0.717, 1.165) is 21.9 Å². The topological polar surface area (TPSA) is 92.8 Å². The normalized spacial score (nSPS) is 14.7. The smallest absolute Gasteiger partial charge is 0.339 e. The first-order valence-electron chi connectivity index (χ1n) is 8.92. The van der Waals surface area contributed by atoms with Gasteiger partial charge < -0.3 is 19.1 Å². The third kappa shape index (κ3) is 3.09. The Hall–Kier alpha value is -3.09. The molecule has 1 saturated heterocycles. The third-order valence-corrected chi connectivity index (χ3v) is 5.15. The number of aryl methyl sites for hydroxylation is 2. The average molecular weight is 368 g/mol. The molecule has 1 N–H and O–H groups in total. The maximum absolute atomic E-state index is 12.4. The van der Waals surface area contributed by atoms with Crippen LogP contribution in [-0.2, 0) is 16.0 Å². The molecule has 0 atom stereocenters. The minimum Gasteiger partial charge on any atom is -0.464 e. The lowest BCUT2D eigenvalue weighted by Gasteiger charge is -2.26. The van der Waals surface area contributed by atoms with Crippen LogP contribution >= 0.6 is 0 Å². The molecule has 7 heteroatoms. The second kappa shape index (κ2) is 6.57. The van der Waals surface area contributed by atoms with Gasteiger partial charge in [-0.2, -0.15) is 0 Å². The lowest BCUT2D eigenvalue weighted by Crippen LogP contribution is -2.50. The van der Waals surface area contributed by atoms with Crippen molar-refractivity contribution in [1.29, 1.82) is 0 Å². The molecule has 0 radical (unpaired) electrons. The molecule has 4 rings (SSSR count). The highest BCUT2D eigenvalue weighted by atomic mass is 16.4. The summed E-state index contributed by atoms with van der Waals surface area (Å²) in [5.74, 6) is -0.291. The molecule has 0 bridgehead atoms. The molecule has 140 valence electrons. The van der Waals surface area contributed by atoms with Crippen LogP contribution in [0, 0.1) is 13.8 Å². The highest BCUT2D eigenvalue weighted by molar-refractivity contribution is 5.96. The molecule has 0 spiro atoms. The van der Waals surface area contributed by atoms with E-state index < -0.39 is 5.63 Å². The van der Waals surface area contributed by atoms with E-state index in [1.165, 1.54) is 4.90 Å². The van der Waals surface area contributed by atoms with Gasteiger partial charge in [0.2, 0.25) is 11.8 Å². The number of nitrogens with zero attached hydrogens (tertiary/aromatic N) is 1. The van der Waals surface area contributed by atoms with Crippen LogP contribution in [0.25, 0.3) is 21.9 Å². The minimum absolute atomic E-state index is 0.0713. The Morgan fingerprint density at radius 3 is 2.78 bits per heavy atom. The zero-order valence-electron chi connectivity index (χ0n) is 15.3.